The number of methoxy groups -OCH3 is 3. The maximum Gasteiger partial charge on any atom is 0.707 e. The predicted molar refractivity (Wildman–Crippen MR) is 56.9 cm³/mol. The van der Waals surface area contributed by atoms with E-state index in [0.717, 1.165) is 0 Å². The summed E-state index contributed by atoms with van der Waals surface area (Å²) in [5, 5.41) is 17.6. The van der Waals surface area contributed by atoms with Gasteiger partial charge in [0, 0.05) is 0 Å². The summed E-state index contributed by atoms with van der Waals surface area (Å²) in [4.78, 5) is 0. The summed E-state index contributed by atoms with van der Waals surface area (Å²) in [5.74, 6) is 1.01. The van der Waals surface area contributed by atoms with Gasteiger partial charge in [-0.25, -0.2) is 0 Å². The van der Waals surface area contributed by atoms with Crippen molar-refractivity contribution in [1.82, 2.24) is 0 Å². The molecule has 0 bridgehead atoms. The first-order chi connectivity index (χ1) is 7.63. The SMILES string of the molecule is COc1ccc(OC)c(OB(O)O)c1OC. The summed E-state index contributed by atoms with van der Waals surface area (Å²) in [7, 11) is 2.34. The Hall–Kier alpha value is -1.60. The normalized spacial score (nSPS) is 9.56. The van der Waals surface area contributed by atoms with E-state index in [0.29, 0.717) is 11.5 Å². The summed E-state index contributed by atoms with van der Waals surface area (Å²) in [6.07, 6.45) is 0. The largest absolute Gasteiger partial charge is 0.707 e. The van der Waals surface area contributed by atoms with E-state index in [-0.39, 0.29) is 11.5 Å². The Kier molecular flexibility index (Phi) is 4.27. The zero-order chi connectivity index (χ0) is 12.1. The van der Waals surface area contributed by atoms with Crippen LogP contribution in [0.25, 0.3) is 0 Å². The van der Waals surface area contributed by atoms with Crippen molar-refractivity contribution in [3.05, 3.63) is 12.1 Å². The molecule has 0 spiro atoms. The van der Waals surface area contributed by atoms with Crippen LogP contribution in [0.3, 0.4) is 0 Å². The smallest absolute Gasteiger partial charge is 0.506 e. The second-order valence-corrected chi connectivity index (χ2v) is 2.78. The quantitative estimate of drug-likeness (QED) is 0.694. The van der Waals surface area contributed by atoms with E-state index in [9.17, 15) is 0 Å². The van der Waals surface area contributed by atoms with Crippen LogP contribution in [-0.4, -0.2) is 38.7 Å². The second kappa shape index (κ2) is 5.48. The van der Waals surface area contributed by atoms with Crippen LogP contribution in [0.4, 0.5) is 0 Å². The Balaban J connectivity index is 3.25. The molecule has 0 unspecified atom stereocenters. The van der Waals surface area contributed by atoms with Crippen LogP contribution in [0, 0.1) is 0 Å². The van der Waals surface area contributed by atoms with Gasteiger partial charge in [0.15, 0.2) is 17.2 Å². The molecule has 0 saturated heterocycles. The summed E-state index contributed by atoms with van der Waals surface area (Å²) in [6.45, 7) is 0. The van der Waals surface area contributed by atoms with Crippen LogP contribution < -0.4 is 18.9 Å². The molecule has 7 heteroatoms. The fourth-order valence-electron chi connectivity index (χ4n) is 1.26. The monoisotopic (exact) mass is 228 g/mol. The molecule has 1 rings (SSSR count). The molecule has 1 aromatic rings. The highest BCUT2D eigenvalue weighted by molar-refractivity contribution is 6.34. The minimum absolute atomic E-state index is 0.0688. The number of hydrogen-bond acceptors (Lipinski definition) is 6. The van der Waals surface area contributed by atoms with Gasteiger partial charge in [-0.2, -0.15) is 0 Å². The van der Waals surface area contributed by atoms with Gasteiger partial charge in [0.05, 0.1) is 21.3 Å². The minimum Gasteiger partial charge on any atom is -0.506 e. The van der Waals surface area contributed by atoms with E-state index in [2.05, 4.69) is 0 Å². The zero-order valence-corrected chi connectivity index (χ0v) is 9.26. The van der Waals surface area contributed by atoms with Crippen LogP contribution in [0.5, 0.6) is 23.0 Å². The molecule has 0 atom stereocenters. The maximum absolute atomic E-state index is 8.79. The summed E-state index contributed by atoms with van der Waals surface area (Å²) in [5.41, 5.74) is 0. The van der Waals surface area contributed by atoms with Crippen molar-refractivity contribution in [2.75, 3.05) is 21.3 Å². The third kappa shape index (κ3) is 2.50. The van der Waals surface area contributed by atoms with Crippen molar-refractivity contribution >= 4 is 7.32 Å². The van der Waals surface area contributed by atoms with Crippen LogP contribution in [0.1, 0.15) is 0 Å². The molecule has 0 radical (unpaired) electrons. The molecule has 2 N–H and O–H groups in total. The summed E-state index contributed by atoms with van der Waals surface area (Å²) < 4.78 is 19.9. The van der Waals surface area contributed by atoms with E-state index in [1.165, 1.54) is 21.3 Å². The van der Waals surface area contributed by atoms with Gasteiger partial charge in [-0.1, -0.05) is 0 Å². The molecule has 16 heavy (non-hydrogen) atoms. The molecular weight excluding hydrogens is 215 g/mol. The third-order valence-corrected chi connectivity index (χ3v) is 1.91. The molecule has 6 nitrogen and oxygen atoms in total. The van der Waals surface area contributed by atoms with Crippen molar-refractivity contribution in [3.63, 3.8) is 0 Å². The molecule has 0 aliphatic heterocycles. The molecule has 0 aliphatic rings. The Morgan fingerprint density at radius 2 is 1.38 bits per heavy atom. The van der Waals surface area contributed by atoms with Gasteiger partial charge in [-0.05, 0) is 12.1 Å². The van der Waals surface area contributed by atoms with Crippen molar-refractivity contribution in [2.45, 2.75) is 0 Å². The Morgan fingerprint density at radius 3 is 1.75 bits per heavy atom. The average molecular weight is 228 g/mol. The lowest BCUT2D eigenvalue weighted by atomic mass is 10.2. The molecular formula is C9H13BO6. The van der Waals surface area contributed by atoms with Crippen LogP contribution in [-0.2, 0) is 0 Å². The van der Waals surface area contributed by atoms with Crippen LogP contribution in [0.15, 0.2) is 12.1 Å². The lowest BCUT2D eigenvalue weighted by Gasteiger charge is -2.16. The fraction of sp³-hybridized carbons (Fsp3) is 0.333. The summed E-state index contributed by atoms with van der Waals surface area (Å²) in [6, 6.07) is 3.19. The highest BCUT2D eigenvalue weighted by Gasteiger charge is 2.22. The molecule has 0 heterocycles. The molecule has 0 aliphatic carbocycles. The van der Waals surface area contributed by atoms with Gasteiger partial charge < -0.3 is 28.9 Å². The van der Waals surface area contributed by atoms with E-state index in [4.69, 9.17) is 28.9 Å². The Morgan fingerprint density at radius 1 is 0.875 bits per heavy atom. The van der Waals surface area contributed by atoms with Gasteiger partial charge in [0.1, 0.15) is 0 Å². The third-order valence-electron chi connectivity index (χ3n) is 1.91. The van der Waals surface area contributed by atoms with Gasteiger partial charge >= 0.3 is 7.32 Å². The second-order valence-electron chi connectivity index (χ2n) is 2.78. The number of benzene rings is 1. The highest BCUT2D eigenvalue weighted by atomic mass is 16.6. The average Bonchev–Trinajstić information content (AvgIpc) is 2.27. The molecule has 88 valence electrons. The van der Waals surface area contributed by atoms with E-state index in [1.807, 2.05) is 0 Å². The molecule has 1 aromatic carbocycles. The minimum atomic E-state index is -1.96. The fourth-order valence-corrected chi connectivity index (χ4v) is 1.26. The van der Waals surface area contributed by atoms with Crippen molar-refractivity contribution in [1.29, 1.82) is 0 Å². The van der Waals surface area contributed by atoms with Crippen molar-refractivity contribution in [3.8, 4) is 23.0 Å². The van der Waals surface area contributed by atoms with Crippen LogP contribution >= 0.6 is 0 Å². The number of hydrogen-bond donors (Lipinski definition) is 2. The maximum atomic E-state index is 8.79. The van der Waals surface area contributed by atoms with Gasteiger partial charge in [0.2, 0.25) is 5.75 Å². The van der Waals surface area contributed by atoms with E-state index in [1.54, 1.807) is 12.1 Å². The summed E-state index contributed by atoms with van der Waals surface area (Å²) >= 11 is 0. The van der Waals surface area contributed by atoms with E-state index >= 15 is 0 Å². The standard InChI is InChI=1S/C9H13BO6/c1-13-6-4-5-7(14-2)9(8(6)15-3)16-10(11)12/h4-5,11-12H,1-3H3. The number of rotatable bonds is 5. The van der Waals surface area contributed by atoms with Crippen molar-refractivity contribution in [2.24, 2.45) is 0 Å². The Bertz CT molecular complexity index is 354. The topological polar surface area (TPSA) is 77.4 Å². The molecule has 0 amide bonds. The molecule has 0 aromatic heterocycles. The first kappa shape index (κ1) is 12.5. The van der Waals surface area contributed by atoms with E-state index < -0.39 is 7.32 Å². The van der Waals surface area contributed by atoms with Gasteiger partial charge in [-0.15, -0.1) is 0 Å². The predicted octanol–water partition coefficient (Wildman–Crippen LogP) is 0.0607. The lowest BCUT2D eigenvalue weighted by Crippen LogP contribution is -2.21. The first-order valence-electron chi connectivity index (χ1n) is 4.45. The van der Waals surface area contributed by atoms with Crippen LogP contribution in [0.2, 0.25) is 0 Å². The van der Waals surface area contributed by atoms with Gasteiger partial charge in [0.25, 0.3) is 0 Å². The van der Waals surface area contributed by atoms with Gasteiger partial charge in [-0.3, -0.25) is 0 Å². The van der Waals surface area contributed by atoms with Crippen molar-refractivity contribution < 1.29 is 28.9 Å². The first-order valence-corrected chi connectivity index (χ1v) is 4.45. The zero-order valence-electron chi connectivity index (χ0n) is 9.26. The highest BCUT2D eigenvalue weighted by Crippen LogP contribution is 2.43. The number of ether oxygens (including phenoxy) is 3. The lowest BCUT2D eigenvalue weighted by molar-refractivity contribution is 0.265. The Labute approximate surface area is 93.5 Å². The molecule has 0 saturated carbocycles. The molecule has 0 fully saturated rings.